The second-order valence-corrected chi connectivity index (χ2v) is 6.49. The summed E-state index contributed by atoms with van der Waals surface area (Å²) in [6.07, 6.45) is 4.28. The molecular formula is C22H19N3O3. The van der Waals surface area contributed by atoms with Crippen LogP contribution in [0, 0.1) is 0 Å². The van der Waals surface area contributed by atoms with Crippen molar-refractivity contribution >= 4 is 28.9 Å². The Labute approximate surface area is 162 Å². The molecule has 0 bridgehead atoms. The van der Waals surface area contributed by atoms with Gasteiger partial charge in [0.25, 0.3) is 5.91 Å². The second kappa shape index (κ2) is 7.52. The molecule has 0 spiro atoms. The highest BCUT2D eigenvalue weighted by atomic mass is 16.5. The molecule has 6 nitrogen and oxygen atoms in total. The number of para-hydroxylation sites is 1. The third kappa shape index (κ3) is 3.44. The summed E-state index contributed by atoms with van der Waals surface area (Å²) in [7, 11) is 1.33. The Kier molecular flexibility index (Phi) is 4.76. The highest BCUT2D eigenvalue weighted by molar-refractivity contribution is 6.05. The quantitative estimate of drug-likeness (QED) is 0.704. The molecule has 0 saturated carbocycles. The molecule has 1 aliphatic rings. The van der Waals surface area contributed by atoms with Crippen LogP contribution >= 0.6 is 0 Å². The fraction of sp³-hybridized carbons (Fsp3) is 0.136. The van der Waals surface area contributed by atoms with Gasteiger partial charge in [0.2, 0.25) is 0 Å². The number of amides is 1. The molecule has 3 aromatic rings. The summed E-state index contributed by atoms with van der Waals surface area (Å²) in [5, 5.41) is 2.83. The number of nitrogens with one attached hydrogen (secondary N) is 1. The van der Waals surface area contributed by atoms with Gasteiger partial charge in [-0.2, -0.15) is 0 Å². The summed E-state index contributed by atoms with van der Waals surface area (Å²) in [6, 6.07) is 16.6. The van der Waals surface area contributed by atoms with Crippen molar-refractivity contribution in [2.24, 2.45) is 0 Å². The van der Waals surface area contributed by atoms with Crippen molar-refractivity contribution in [1.29, 1.82) is 0 Å². The predicted molar refractivity (Wildman–Crippen MR) is 107 cm³/mol. The van der Waals surface area contributed by atoms with Crippen LogP contribution in [-0.2, 0) is 11.2 Å². The number of nitrogens with zero attached hydrogens (tertiary/aromatic N) is 2. The number of rotatable bonds is 4. The van der Waals surface area contributed by atoms with Gasteiger partial charge in [0, 0.05) is 24.1 Å². The van der Waals surface area contributed by atoms with Gasteiger partial charge in [-0.05, 0) is 48.4 Å². The second-order valence-electron chi connectivity index (χ2n) is 6.49. The van der Waals surface area contributed by atoms with E-state index >= 15 is 0 Å². The Hall–Kier alpha value is -3.67. The zero-order chi connectivity index (χ0) is 19.5. The summed E-state index contributed by atoms with van der Waals surface area (Å²) >= 11 is 0. The van der Waals surface area contributed by atoms with Gasteiger partial charge in [-0.3, -0.25) is 9.78 Å². The van der Waals surface area contributed by atoms with Crippen LogP contribution in [0.2, 0.25) is 0 Å². The molecule has 0 radical (unpaired) electrons. The first-order valence-electron chi connectivity index (χ1n) is 8.96. The predicted octanol–water partition coefficient (Wildman–Crippen LogP) is 3.81. The Morgan fingerprint density at radius 2 is 1.82 bits per heavy atom. The molecule has 28 heavy (non-hydrogen) atoms. The maximum absolute atomic E-state index is 12.6. The molecule has 2 aromatic carbocycles. The van der Waals surface area contributed by atoms with E-state index in [2.05, 4.69) is 32.1 Å². The number of esters is 1. The number of ether oxygens (including phenoxy) is 1. The van der Waals surface area contributed by atoms with Crippen molar-refractivity contribution in [3.05, 3.63) is 83.7 Å². The lowest BCUT2D eigenvalue weighted by Crippen LogP contribution is -2.16. The lowest BCUT2D eigenvalue weighted by atomic mass is 10.1. The number of carbonyl (C=O) groups is 2. The van der Waals surface area contributed by atoms with Crippen molar-refractivity contribution in [1.82, 2.24) is 4.98 Å². The van der Waals surface area contributed by atoms with E-state index in [0.717, 1.165) is 24.3 Å². The Balaban J connectivity index is 1.52. The monoisotopic (exact) mass is 373 g/mol. The molecule has 0 fully saturated rings. The van der Waals surface area contributed by atoms with E-state index < -0.39 is 5.97 Å². The third-order valence-corrected chi connectivity index (χ3v) is 4.75. The van der Waals surface area contributed by atoms with Crippen molar-refractivity contribution < 1.29 is 14.3 Å². The lowest BCUT2D eigenvalue weighted by Gasteiger charge is -2.19. The molecule has 1 aliphatic heterocycles. The number of hydrogen-bond donors (Lipinski definition) is 1. The normalized spacial score (nSPS) is 12.4. The van der Waals surface area contributed by atoms with Crippen LogP contribution in [0.4, 0.5) is 17.1 Å². The Bertz CT molecular complexity index is 1030. The number of carbonyl (C=O) groups excluding carboxylic acids is 2. The zero-order valence-corrected chi connectivity index (χ0v) is 15.4. The fourth-order valence-corrected chi connectivity index (χ4v) is 3.32. The summed E-state index contributed by atoms with van der Waals surface area (Å²) in [6.45, 7) is 0.862. The number of pyridine rings is 1. The van der Waals surface area contributed by atoms with Crippen LogP contribution in [0.25, 0.3) is 0 Å². The fourth-order valence-electron chi connectivity index (χ4n) is 3.32. The number of aromatic nitrogens is 1. The molecule has 1 aromatic heterocycles. The number of methoxy groups -OCH3 is 1. The van der Waals surface area contributed by atoms with E-state index in [9.17, 15) is 9.59 Å². The van der Waals surface area contributed by atoms with Crippen LogP contribution < -0.4 is 10.2 Å². The van der Waals surface area contributed by atoms with Crippen molar-refractivity contribution in [3.8, 4) is 0 Å². The minimum absolute atomic E-state index is 0.257. The van der Waals surface area contributed by atoms with Gasteiger partial charge in [-0.1, -0.05) is 18.2 Å². The lowest BCUT2D eigenvalue weighted by molar-refractivity contribution is 0.0600. The van der Waals surface area contributed by atoms with Gasteiger partial charge in [-0.15, -0.1) is 0 Å². The summed E-state index contributed by atoms with van der Waals surface area (Å²) < 4.78 is 4.67. The number of fused-ring (bicyclic) bond motifs is 1. The van der Waals surface area contributed by atoms with E-state index in [0.29, 0.717) is 16.8 Å². The van der Waals surface area contributed by atoms with Gasteiger partial charge in [0.15, 0.2) is 0 Å². The first-order valence-corrected chi connectivity index (χ1v) is 8.96. The summed E-state index contributed by atoms with van der Waals surface area (Å²) in [4.78, 5) is 30.6. The van der Waals surface area contributed by atoms with Crippen molar-refractivity contribution in [2.75, 3.05) is 23.9 Å². The van der Waals surface area contributed by atoms with Crippen LogP contribution in [0.15, 0.2) is 67.0 Å². The Morgan fingerprint density at radius 1 is 1.04 bits per heavy atom. The SMILES string of the molecule is COC(=O)c1ccc(NC(=O)c2cncc(N3CCc4ccccc43)c2)cc1. The number of benzene rings is 2. The van der Waals surface area contributed by atoms with Gasteiger partial charge >= 0.3 is 5.97 Å². The molecule has 0 aliphatic carbocycles. The first kappa shape index (κ1) is 17.7. The van der Waals surface area contributed by atoms with Gasteiger partial charge in [0.1, 0.15) is 0 Å². The standard InChI is InChI=1S/C22H19N3O3/c1-28-22(27)16-6-8-18(9-7-16)24-21(26)17-12-19(14-23-13-17)25-11-10-15-4-2-3-5-20(15)25/h2-9,12-14H,10-11H2,1H3,(H,24,26). The van der Waals surface area contributed by atoms with Crippen LogP contribution in [0.1, 0.15) is 26.3 Å². The summed E-state index contributed by atoms with van der Waals surface area (Å²) in [5.74, 6) is -0.673. The highest BCUT2D eigenvalue weighted by Crippen LogP contribution is 2.34. The van der Waals surface area contributed by atoms with E-state index in [1.807, 2.05) is 18.2 Å². The molecule has 1 amide bonds. The molecule has 0 atom stereocenters. The summed E-state index contributed by atoms with van der Waals surface area (Å²) in [5.41, 5.74) is 4.83. The smallest absolute Gasteiger partial charge is 0.337 e. The number of anilines is 3. The Morgan fingerprint density at radius 3 is 2.61 bits per heavy atom. The molecule has 6 heteroatoms. The molecule has 0 unspecified atom stereocenters. The van der Waals surface area contributed by atoms with Crippen molar-refractivity contribution in [2.45, 2.75) is 6.42 Å². The van der Waals surface area contributed by atoms with E-state index in [1.54, 1.807) is 36.7 Å². The molecule has 1 N–H and O–H groups in total. The van der Waals surface area contributed by atoms with Crippen molar-refractivity contribution in [3.63, 3.8) is 0 Å². The van der Waals surface area contributed by atoms with Crippen LogP contribution in [-0.4, -0.2) is 30.5 Å². The van der Waals surface area contributed by atoms with Gasteiger partial charge in [0.05, 0.1) is 30.1 Å². The molecule has 0 saturated heterocycles. The van der Waals surface area contributed by atoms with Crippen LogP contribution in [0.5, 0.6) is 0 Å². The number of hydrogen-bond acceptors (Lipinski definition) is 5. The highest BCUT2D eigenvalue weighted by Gasteiger charge is 2.21. The maximum atomic E-state index is 12.6. The van der Waals surface area contributed by atoms with Crippen LogP contribution in [0.3, 0.4) is 0 Å². The third-order valence-electron chi connectivity index (χ3n) is 4.75. The zero-order valence-electron chi connectivity index (χ0n) is 15.4. The first-order chi connectivity index (χ1) is 13.7. The van der Waals surface area contributed by atoms with E-state index in [-0.39, 0.29) is 5.91 Å². The average Bonchev–Trinajstić information content (AvgIpc) is 3.18. The minimum Gasteiger partial charge on any atom is -0.465 e. The van der Waals surface area contributed by atoms with E-state index in [4.69, 9.17) is 0 Å². The maximum Gasteiger partial charge on any atom is 0.337 e. The minimum atomic E-state index is -0.416. The average molecular weight is 373 g/mol. The van der Waals surface area contributed by atoms with Gasteiger partial charge in [-0.25, -0.2) is 4.79 Å². The molecular weight excluding hydrogens is 354 g/mol. The topological polar surface area (TPSA) is 71.5 Å². The largest absolute Gasteiger partial charge is 0.465 e. The molecule has 2 heterocycles. The van der Waals surface area contributed by atoms with E-state index in [1.165, 1.54) is 12.7 Å². The molecule has 140 valence electrons. The molecule has 4 rings (SSSR count). The van der Waals surface area contributed by atoms with Gasteiger partial charge < -0.3 is 15.0 Å².